The summed E-state index contributed by atoms with van der Waals surface area (Å²) in [5, 5.41) is 12.1. The molecule has 1 aliphatic carbocycles. The Balaban J connectivity index is 2.09. The highest BCUT2D eigenvalue weighted by Gasteiger charge is 2.36. The molecule has 1 fully saturated rings. The summed E-state index contributed by atoms with van der Waals surface area (Å²) < 4.78 is 11.6. The summed E-state index contributed by atoms with van der Waals surface area (Å²) in [4.78, 5) is 0. The normalized spacial score (nSPS) is 17.2. The third kappa shape index (κ3) is 2.02. The molecule has 0 N–H and O–H groups in total. The molecule has 1 aromatic heterocycles. The van der Waals surface area contributed by atoms with E-state index in [0.29, 0.717) is 0 Å². The molecule has 0 atom stereocenters. The van der Waals surface area contributed by atoms with Gasteiger partial charge in [-0.25, -0.2) is 0 Å². The van der Waals surface area contributed by atoms with Crippen LogP contribution in [0.25, 0.3) is 21.9 Å². The van der Waals surface area contributed by atoms with E-state index in [1.54, 1.807) is 7.11 Å². The van der Waals surface area contributed by atoms with Crippen molar-refractivity contribution >= 4 is 21.9 Å². The first-order chi connectivity index (χ1) is 11.3. The third-order valence-electron chi connectivity index (χ3n) is 5.15. The lowest BCUT2D eigenvalue weighted by atomic mass is 9.69. The number of furan rings is 1. The molecule has 3 heteroatoms. The monoisotopic (exact) mass is 305 g/mol. The largest absolute Gasteiger partial charge is 0.493 e. The standard InChI is InChI=1S/C20H19NO2/c1-22-17-10-9-15(20(13-21)11-5-2-6-12-20)18-14-7-3-4-8-16(14)23-19(17)18/h3-4,7-10H,2,5-6,11-12H2,1H3. The molecule has 2 aromatic carbocycles. The van der Waals surface area contributed by atoms with Crippen molar-refractivity contribution in [3.05, 3.63) is 42.0 Å². The van der Waals surface area contributed by atoms with E-state index in [1.165, 1.54) is 6.42 Å². The van der Waals surface area contributed by atoms with Crippen molar-refractivity contribution in [3.8, 4) is 11.8 Å². The minimum absolute atomic E-state index is 0.407. The lowest BCUT2D eigenvalue weighted by Gasteiger charge is -2.31. The van der Waals surface area contributed by atoms with Gasteiger partial charge in [0.1, 0.15) is 5.58 Å². The van der Waals surface area contributed by atoms with Crippen molar-refractivity contribution in [1.29, 1.82) is 5.26 Å². The number of fused-ring (bicyclic) bond motifs is 3. The van der Waals surface area contributed by atoms with Gasteiger partial charge in [0.05, 0.1) is 18.6 Å². The SMILES string of the molecule is COc1ccc(C2(C#N)CCCCC2)c2c1oc1ccccc12. The summed E-state index contributed by atoms with van der Waals surface area (Å²) in [5.74, 6) is 0.726. The molecule has 1 heterocycles. The van der Waals surface area contributed by atoms with Crippen LogP contribution in [0.1, 0.15) is 37.7 Å². The molecule has 3 aromatic rings. The first-order valence-corrected chi connectivity index (χ1v) is 8.19. The number of ether oxygens (including phenoxy) is 1. The van der Waals surface area contributed by atoms with E-state index in [0.717, 1.165) is 58.9 Å². The van der Waals surface area contributed by atoms with Crippen LogP contribution in [0.4, 0.5) is 0 Å². The molecule has 116 valence electrons. The molecule has 0 radical (unpaired) electrons. The summed E-state index contributed by atoms with van der Waals surface area (Å²) >= 11 is 0. The van der Waals surface area contributed by atoms with Crippen LogP contribution < -0.4 is 4.74 Å². The molecule has 0 unspecified atom stereocenters. The fourth-order valence-corrected chi connectivity index (χ4v) is 3.96. The van der Waals surface area contributed by atoms with Gasteiger partial charge in [0, 0.05) is 10.8 Å². The Morgan fingerprint density at radius 1 is 1.09 bits per heavy atom. The van der Waals surface area contributed by atoms with Gasteiger partial charge in [0.25, 0.3) is 0 Å². The fourth-order valence-electron chi connectivity index (χ4n) is 3.96. The van der Waals surface area contributed by atoms with Gasteiger partial charge in [0.15, 0.2) is 11.3 Å². The number of hydrogen-bond acceptors (Lipinski definition) is 3. The Hall–Kier alpha value is -2.47. The topological polar surface area (TPSA) is 46.2 Å². The second-order valence-corrected chi connectivity index (χ2v) is 6.37. The van der Waals surface area contributed by atoms with Crippen LogP contribution in [0.5, 0.6) is 5.75 Å². The number of para-hydroxylation sites is 1. The van der Waals surface area contributed by atoms with Gasteiger partial charge in [-0.1, -0.05) is 43.5 Å². The molecular weight excluding hydrogens is 286 g/mol. The Morgan fingerprint density at radius 2 is 1.87 bits per heavy atom. The summed E-state index contributed by atoms with van der Waals surface area (Å²) in [7, 11) is 1.66. The highest BCUT2D eigenvalue weighted by Crippen LogP contribution is 2.46. The molecule has 0 saturated heterocycles. The number of rotatable bonds is 2. The molecule has 23 heavy (non-hydrogen) atoms. The van der Waals surface area contributed by atoms with Crippen molar-refractivity contribution < 1.29 is 9.15 Å². The highest BCUT2D eigenvalue weighted by atomic mass is 16.5. The number of hydrogen-bond donors (Lipinski definition) is 0. The van der Waals surface area contributed by atoms with E-state index in [1.807, 2.05) is 24.3 Å². The van der Waals surface area contributed by atoms with Crippen molar-refractivity contribution in [2.75, 3.05) is 7.11 Å². The maximum Gasteiger partial charge on any atom is 0.177 e. The molecule has 0 aliphatic heterocycles. The second kappa shape index (κ2) is 5.31. The van der Waals surface area contributed by atoms with Gasteiger partial charge >= 0.3 is 0 Å². The highest BCUT2D eigenvalue weighted by molar-refractivity contribution is 6.09. The second-order valence-electron chi connectivity index (χ2n) is 6.37. The van der Waals surface area contributed by atoms with E-state index in [4.69, 9.17) is 9.15 Å². The maximum absolute atomic E-state index is 9.98. The number of benzene rings is 2. The third-order valence-corrected chi connectivity index (χ3v) is 5.15. The van der Waals surface area contributed by atoms with E-state index in [9.17, 15) is 5.26 Å². The van der Waals surface area contributed by atoms with E-state index in [-0.39, 0.29) is 0 Å². The quantitative estimate of drug-likeness (QED) is 0.643. The average Bonchev–Trinajstić information content (AvgIpc) is 3.01. The molecule has 3 nitrogen and oxygen atoms in total. The molecule has 0 amide bonds. The van der Waals surface area contributed by atoms with Crippen molar-refractivity contribution in [2.45, 2.75) is 37.5 Å². The van der Waals surface area contributed by atoms with Gasteiger partial charge in [-0.2, -0.15) is 5.26 Å². The Labute approximate surface area is 135 Å². The number of methoxy groups -OCH3 is 1. The van der Waals surface area contributed by atoms with Gasteiger partial charge in [-0.3, -0.25) is 0 Å². The summed E-state index contributed by atoms with van der Waals surface area (Å²) in [6.07, 6.45) is 5.28. The molecule has 0 bridgehead atoms. The lowest BCUT2D eigenvalue weighted by molar-refractivity contribution is 0.367. The van der Waals surface area contributed by atoms with Crippen LogP contribution in [0.2, 0.25) is 0 Å². The zero-order chi connectivity index (χ0) is 15.9. The van der Waals surface area contributed by atoms with Gasteiger partial charge in [-0.05, 0) is 30.5 Å². The predicted molar refractivity (Wildman–Crippen MR) is 90.6 cm³/mol. The van der Waals surface area contributed by atoms with E-state index in [2.05, 4.69) is 18.2 Å². The predicted octanol–water partition coefficient (Wildman–Crippen LogP) is 5.32. The average molecular weight is 305 g/mol. The molecule has 1 saturated carbocycles. The number of nitriles is 1. The first kappa shape index (κ1) is 14.1. The van der Waals surface area contributed by atoms with E-state index >= 15 is 0 Å². The van der Waals surface area contributed by atoms with Gasteiger partial charge in [0.2, 0.25) is 0 Å². The smallest absolute Gasteiger partial charge is 0.177 e. The van der Waals surface area contributed by atoms with Crippen LogP contribution in [0.3, 0.4) is 0 Å². The number of nitrogens with zero attached hydrogens (tertiary/aromatic N) is 1. The zero-order valence-electron chi connectivity index (χ0n) is 13.3. The Bertz CT molecular complexity index is 910. The van der Waals surface area contributed by atoms with Crippen LogP contribution in [0.15, 0.2) is 40.8 Å². The van der Waals surface area contributed by atoms with Crippen LogP contribution in [-0.2, 0) is 5.41 Å². The molecule has 4 rings (SSSR count). The maximum atomic E-state index is 9.98. The summed E-state index contributed by atoms with van der Waals surface area (Å²) in [6, 6.07) is 14.7. The Morgan fingerprint density at radius 3 is 2.61 bits per heavy atom. The van der Waals surface area contributed by atoms with Crippen molar-refractivity contribution in [2.24, 2.45) is 0 Å². The first-order valence-electron chi connectivity index (χ1n) is 8.19. The van der Waals surface area contributed by atoms with Crippen molar-refractivity contribution in [1.82, 2.24) is 0 Å². The summed E-state index contributed by atoms with van der Waals surface area (Å²) in [5.41, 5.74) is 2.29. The Kier molecular flexibility index (Phi) is 3.27. The van der Waals surface area contributed by atoms with Crippen molar-refractivity contribution in [3.63, 3.8) is 0 Å². The van der Waals surface area contributed by atoms with Crippen LogP contribution >= 0.6 is 0 Å². The van der Waals surface area contributed by atoms with Gasteiger partial charge < -0.3 is 9.15 Å². The minimum Gasteiger partial charge on any atom is -0.493 e. The molecular formula is C20H19NO2. The molecule has 1 aliphatic rings. The van der Waals surface area contributed by atoms with Gasteiger partial charge in [-0.15, -0.1) is 0 Å². The summed E-state index contributed by atoms with van der Waals surface area (Å²) in [6.45, 7) is 0. The van der Waals surface area contributed by atoms with Crippen LogP contribution in [0, 0.1) is 11.3 Å². The molecule has 0 spiro atoms. The zero-order valence-corrected chi connectivity index (χ0v) is 13.3. The lowest BCUT2D eigenvalue weighted by Crippen LogP contribution is -2.27. The van der Waals surface area contributed by atoms with E-state index < -0.39 is 5.41 Å². The fraction of sp³-hybridized carbons (Fsp3) is 0.350. The minimum atomic E-state index is -0.407. The van der Waals surface area contributed by atoms with Crippen LogP contribution in [-0.4, -0.2) is 7.11 Å².